The highest BCUT2D eigenvalue weighted by Gasteiger charge is 2.44. The first-order valence-electron chi connectivity index (χ1n) is 27.0. The van der Waals surface area contributed by atoms with E-state index in [1.54, 1.807) is 0 Å². The lowest BCUT2D eigenvalue weighted by Gasteiger charge is -2.43. The Balaban J connectivity index is 0.000000474. The predicted octanol–water partition coefficient (Wildman–Crippen LogP) is 18.0. The molecule has 3 aliphatic heterocycles. The summed E-state index contributed by atoms with van der Waals surface area (Å²) >= 11 is 0. The van der Waals surface area contributed by atoms with Crippen molar-refractivity contribution in [3.05, 3.63) is 48.1 Å². The summed E-state index contributed by atoms with van der Waals surface area (Å²) in [5.41, 5.74) is 1.03. The lowest BCUT2D eigenvalue weighted by atomic mass is 9.77. The summed E-state index contributed by atoms with van der Waals surface area (Å²) in [7, 11) is 0. The van der Waals surface area contributed by atoms with Crippen LogP contribution in [0.5, 0.6) is 0 Å². The van der Waals surface area contributed by atoms with Gasteiger partial charge in [0.1, 0.15) is 16.8 Å². The van der Waals surface area contributed by atoms with Crippen molar-refractivity contribution in [1.29, 1.82) is 0 Å². The van der Waals surface area contributed by atoms with E-state index in [4.69, 9.17) is 29.3 Å². The van der Waals surface area contributed by atoms with Crippen LogP contribution in [-0.4, -0.2) is 35.1 Å². The van der Waals surface area contributed by atoms with Gasteiger partial charge >= 0.3 is 0 Å². The quantitative estimate of drug-likeness (QED) is 0.0672. The summed E-state index contributed by atoms with van der Waals surface area (Å²) < 4.78 is 0. The van der Waals surface area contributed by atoms with Crippen molar-refractivity contribution in [2.45, 2.75) is 281 Å². The Bertz CT molecular complexity index is 1200. The molecule has 0 radical (unpaired) electrons. The van der Waals surface area contributed by atoms with Crippen LogP contribution in [0.3, 0.4) is 0 Å². The fraction of sp³-hybridized carbons (Fsp3) is 0.860. The van der Waals surface area contributed by atoms with Gasteiger partial charge in [0, 0.05) is 0 Å². The molecule has 3 heterocycles. The van der Waals surface area contributed by atoms with E-state index in [1.165, 1.54) is 37.7 Å². The molecule has 0 bridgehead atoms. The first-order valence-corrected chi connectivity index (χ1v) is 27.0. The van der Waals surface area contributed by atoms with Gasteiger partial charge in [-0.15, -0.1) is 0 Å². The van der Waals surface area contributed by atoms with Crippen molar-refractivity contribution in [3.8, 4) is 0 Å². The number of rotatable bonds is 25. The van der Waals surface area contributed by atoms with E-state index in [1.807, 2.05) is 0 Å². The van der Waals surface area contributed by atoms with E-state index in [0.29, 0.717) is 35.5 Å². The highest BCUT2D eigenvalue weighted by atomic mass is 17.2. The fourth-order valence-electron chi connectivity index (χ4n) is 10.3. The van der Waals surface area contributed by atoms with Crippen LogP contribution in [0.2, 0.25) is 0 Å². The van der Waals surface area contributed by atoms with Crippen molar-refractivity contribution < 1.29 is 29.3 Å². The van der Waals surface area contributed by atoms with E-state index in [2.05, 4.69) is 153 Å². The van der Waals surface area contributed by atoms with Gasteiger partial charge in [-0.05, 0) is 158 Å². The molecular formula is C57H106O6. The zero-order valence-corrected chi connectivity index (χ0v) is 44.5. The van der Waals surface area contributed by atoms with Crippen molar-refractivity contribution in [3.63, 3.8) is 0 Å². The molecule has 3 rings (SSSR count). The Morgan fingerprint density at radius 2 is 0.825 bits per heavy atom. The van der Waals surface area contributed by atoms with Gasteiger partial charge in [0.15, 0.2) is 0 Å². The van der Waals surface area contributed by atoms with Crippen LogP contribution in [-0.2, 0) is 29.3 Å². The van der Waals surface area contributed by atoms with Crippen molar-refractivity contribution >= 4 is 0 Å². The minimum absolute atomic E-state index is 0.0783. The topological polar surface area (TPSA) is 55.4 Å². The van der Waals surface area contributed by atoms with Crippen molar-refractivity contribution in [1.82, 2.24) is 0 Å². The van der Waals surface area contributed by atoms with Crippen LogP contribution < -0.4 is 0 Å². The number of hydrogen-bond acceptors (Lipinski definition) is 6. The highest BCUT2D eigenvalue weighted by molar-refractivity contribution is 5.13. The average Bonchev–Trinajstić information content (AvgIpc) is 3.32. The standard InChI is InChI=1S/C21H38O2.2C18H34O2/c1-7-12-13-18(8-2)14-17(6)15-21(11-5)16-19(9-3)20(10-4)22-23-21;2*1-6-11-12-15(7-2)13-18(10-5)14-16(8-3)17(9-4)19-20-18/h12-13,15,18-20H,7-11,14,16H2,1-6H3;2*11-12,15-17H,6-10,13-14H2,1-5H3/b13-12+,17-15+;2*12-11+/t18?,19-,20-,21+;15?,16-,17-,18+;15?,16-,17-,18-/m000/s1. The van der Waals surface area contributed by atoms with Gasteiger partial charge in [-0.25, -0.2) is 29.3 Å². The van der Waals surface area contributed by atoms with Crippen LogP contribution in [0, 0.1) is 35.5 Å². The smallest absolute Gasteiger partial charge is 0.122 e. The molecule has 0 aromatic rings. The molecule has 370 valence electrons. The van der Waals surface area contributed by atoms with E-state index < -0.39 is 0 Å². The molecule has 12 atom stereocenters. The Morgan fingerprint density at radius 1 is 0.460 bits per heavy atom. The van der Waals surface area contributed by atoms with Gasteiger partial charge in [0.25, 0.3) is 0 Å². The minimum Gasteiger partial charge on any atom is -0.233 e. The highest BCUT2D eigenvalue weighted by Crippen LogP contribution is 2.43. The van der Waals surface area contributed by atoms with Crippen LogP contribution in [0.1, 0.15) is 246 Å². The Kier molecular flexibility index (Phi) is 31.5. The SMILES string of the molecule is CC/C=C/C(CC)C/C(C)=C/[C@]1(CC)C[C@H](CC)[C@H](CC)OO1.CC/C=C/C(CC)C[C@@]1(CC)C[C@H](CC)[C@H](CC)OO1.CC/C=C/C(CC)C[C@]1(CC)C[C@H](CC)[C@H](CC)OO1. The third-order valence-electron chi connectivity index (χ3n) is 15.0. The first kappa shape index (κ1) is 59.7. The summed E-state index contributed by atoms with van der Waals surface area (Å²) in [4.78, 5) is 35.1. The van der Waals surface area contributed by atoms with Gasteiger partial charge in [-0.3, -0.25) is 0 Å². The first-order chi connectivity index (χ1) is 30.3. The normalized spacial score (nSPS) is 32.0. The minimum atomic E-state index is -0.233. The van der Waals surface area contributed by atoms with E-state index >= 15 is 0 Å². The summed E-state index contributed by atoms with van der Waals surface area (Å²) in [5.74, 6) is 3.72. The number of hydrogen-bond donors (Lipinski definition) is 0. The number of allylic oxidation sites excluding steroid dienone is 7. The van der Waals surface area contributed by atoms with Crippen LogP contribution in [0.4, 0.5) is 0 Å². The van der Waals surface area contributed by atoms with Crippen molar-refractivity contribution in [2.75, 3.05) is 0 Å². The zero-order valence-electron chi connectivity index (χ0n) is 44.5. The van der Waals surface area contributed by atoms with Gasteiger partial charge in [-0.1, -0.05) is 171 Å². The summed E-state index contributed by atoms with van der Waals surface area (Å²) in [6.45, 7) is 35.7. The molecule has 6 heteroatoms. The molecule has 0 aromatic heterocycles. The Morgan fingerprint density at radius 3 is 1.14 bits per heavy atom. The molecule has 0 aliphatic carbocycles. The summed E-state index contributed by atoms with van der Waals surface area (Å²) in [5, 5.41) is 0. The van der Waals surface area contributed by atoms with Gasteiger partial charge < -0.3 is 0 Å². The lowest BCUT2D eigenvalue weighted by molar-refractivity contribution is -0.424. The molecule has 63 heavy (non-hydrogen) atoms. The molecule has 3 fully saturated rings. The molecule has 0 aromatic carbocycles. The molecular weight excluding hydrogens is 781 g/mol. The molecule has 0 saturated carbocycles. The van der Waals surface area contributed by atoms with Crippen LogP contribution >= 0.6 is 0 Å². The second-order valence-corrected chi connectivity index (χ2v) is 19.6. The molecule has 0 amide bonds. The summed E-state index contributed by atoms with van der Waals surface area (Å²) in [6.07, 6.45) is 40.4. The molecule has 3 saturated heterocycles. The Hall–Kier alpha value is -1.28. The van der Waals surface area contributed by atoms with E-state index in [9.17, 15) is 0 Å². The van der Waals surface area contributed by atoms with Crippen LogP contribution in [0.25, 0.3) is 0 Å². The van der Waals surface area contributed by atoms with Crippen molar-refractivity contribution in [2.24, 2.45) is 35.5 Å². The second-order valence-electron chi connectivity index (χ2n) is 19.6. The maximum Gasteiger partial charge on any atom is 0.122 e. The van der Waals surface area contributed by atoms with Gasteiger partial charge in [-0.2, -0.15) is 0 Å². The van der Waals surface area contributed by atoms with Gasteiger partial charge in [0.05, 0.1) is 18.3 Å². The monoisotopic (exact) mass is 887 g/mol. The van der Waals surface area contributed by atoms with Crippen LogP contribution in [0.15, 0.2) is 48.1 Å². The second kappa shape index (κ2) is 33.2. The third-order valence-corrected chi connectivity index (χ3v) is 15.0. The molecule has 3 unspecified atom stereocenters. The predicted molar refractivity (Wildman–Crippen MR) is 270 cm³/mol. The lowest BCUT2D eigenvalue weighted by Crippen LogP contribution is -2.45. The van der Waals surface area contributed by atoms with Gasteiger partial charge in [0.2, 0.25) is 0 Å². The zero-order chi connectivity index (χ0) is 47.3. The largest absolute Gasteiger partial charge is 0.233 e. The fourth-order valence-corrected chi connectivity index (χ4v) is 10.3. The third kappa shape index (κ3) is 20.2. The van der Waals surface area contributed by atoms with E-state index in [-0.39, 0.29) is 35.1 Å². The summed E-state index contributed by atoms with van der Waals surface area (Å²) in [6, 6.07) is 0. The molecule has 0 N–H and O–H groups in total. The molecule has 3 aliphatic rings. The van der Waals surface area contributed by atoms with E-state index in [0.717, 1.165) is 103 Å². The molecule has 6 nitrogen and oxygen atoms in total. The maximum absolute atomic E-state index is 5.93. The molecule has 0 spiro atoms. The average molecular weight is 887 g/mol. The Labute approximate surface area is 392 Å². The maximum atomic E-state index is 5.93.